The fraction of sp³-hybridized carbons (Fsp3) is 0.500. The van der Waals surface area contributed by atoms with Crippen LogP contribution in [0.1, 0.15) is 5.56 Å². The molecule has 1 aromatic carbocycles. The molecule has 1 fully saturated rings. The molecule has 1 atom stereocenters. The number of amidine groups is 1. The van der Waals surface area contributed by atoms with Gasteiger partial charge in [-0.3, -0.25) is 0 Å². The van der Waals surface area contributed by atoms with Gasteiger partial charge in [0.2, 0.25) is 0 Å². The molecule has 1 heterocycles. The van der Waals surface area contributed by atoms with Crippen molar-refractivity contribution in [3.8, 4) is 5.75 Å². The van der Waals surface area contributed by atoms with Gasteiger partial charge in [-0.1, -0.05) is 5.16 Å². The van der Waals surface area contributed by atoms with Crippen molar-refractivity contribution in [2.24, 2.45) is 10.9 Å². The van der Waals surface area contributed by atoms with Gasteiger partial charge >= 0.3 is 0 Å². The number of hydrogen-bond donors (Lipinski definition) is 3. The Labute approximate surface area is 123 Å². The minimum atomic E-state index is 0.0814. The molecular formula is C14H21N3O4. The van der Waals surface area contributed by atoms with Gasteiger partial charge in [-0.25, -0.2) is 0 Å². The molecule has 0 saturated carbocycles. The number of hydrogen-bond acceptors (Lipinski definition) is 6. The molecule has 7 heteroatoms. The lowest BCUT2D eigenvalue weighted by Gasteiger charge is -2.23. The Bertz CT molecular complexity index is 444. The molecule has 0 amide bonds. The van der Waals surface area contributed by atoms with Crippen LogP contribution in [0, 0.1) is 0 Å². The zero-order valence-corrected chi connectivity index (χ0v) is 11.8. The van der Waals surface area contributed by atoms with Gasteiger partial charge in [0, 0.05) is 18.7 Å². The molecule has 1 aliphatic heterocycles. The van der Waals surface area contributed by atoms with E-state index in [0.29, 0.717) is 32.0 Å². The van der Waals surface area contributed by atoms with Crippen LogP contribution in [0.3, 0.4) is 0 Å². The summed E-state index contributed by atoms with van der Waals surface area (Å²) in [4.78, 5) is 0. The van der Waals surface area contributed by atoms with Gasteiger partial charge in [0.15, 0.2) is 5.84 Å². The van der Waals surface area contributed by atoms with E-state index in [4.69, 9.17) is 25.2 Å². The molecule has 2 rings (SSSR count). The third-order valence-corrected chi connectivity index (χ3v) is 3.06. The summed E-state index contributed by atoms with van der Waals surface area (Å²) in [6.45, 7) is 4.02. The summed E-state index contributed by atoms with van der Waals surface area (Å²) < 4.78 is 16.4. The van der Waals surface area contributed by atoms with Crippen LogP contribution in [0.15, 0.2) is 29.4 Å². The fourth-order valence-corrected chi connectivity index (χ4v) is 1.94. The highest BCUT2D eigenvalue weighted by molar-refractivity contribution is 5.97. The Hall–Kier alpha value is -1.83. The van der Waals surface area contributed by atoms with E-state index in [2.05, 4.69) is 10.5 Å². The van der Waals surface area contributed by atoms with Crippen LogP contribution in [0.4, 0.5) is 0 Å². The standard InChI is InChI=1S/C14H21N3O4/c15-14(17-18)11-1-3-12(4-2-11)20-6-5-16-9-13-10-19-7-8-21-13/h1-4,13,16,18H,5-10H2,(H2,15,17). The summed E-state index contributed by atoms with van der Waals surface area (Å²) in [7, 11) is 0. The molecule has 1 unspecified atom stereocenters. The van der Waals surface area contributed by atoms with E-state index in [-0.39, 0.29) is 11.9 Å². The highest BCUT2D eigenvalue weighted by atomic mass is 16.6. The minimum Gasteiger partial charge on any atom is -0.492 e. The monoisotopic (exact) mass is 295 g/mol. The summed E-state index contributed by atoms with van der Waals surface area (Å²) >= 11 is 0. The predicted molar refractivity (Wildman–Crippen MR) is 77.9 cm³/mol. The molecule has 1 aromatic rings. The van der Waals surface area contributed by atoms with Gasteiger partial charge in [-0.15, -0.1) is 0 Å². The van der Waals surface area contributed by atoms with E-state index in [1.807, 2.05) is 0 Å². The van der Waals surface area contributed by atoms with Crippen molar-refractivity contribution in [1.29, 1.82) is 0 Å². The van der Waals surface area contributed by atoms with E-state index in [9.17, 15) is 0 Å². The van der Waals surface area contributed by atoms with Gasteiger partial charge in [0.25, 0.3) is 0 Å². The zero-order valence-electron chi connectivity index (χ0n) is 11.8. The van der Waals surface area contributed by atoms with Crippen LogP contribution in [-0.2, 0) is 9.47 Å². The molecule has 21 heavy (non-hydrogen) atoms. The van der Waals surface area contributed by atoms with Gasteiger partial charge in [-0.05, 0) is 24.3 Å². The van der Waals surface area contributed by atoms with Crippen molar-refractivity contribution in [3.05, 3.63) is 29.8 Å². The Kier molecular flexibility index (Phi) is 6.26. The molecule has 0 spiro atoms. The third kappa shape index (κ3) is 5.22. The van der Waals surface area contributed by atoms with E-state index in [1.54, 1.807) is 24.3 Å². The van der Waals surface area contributed by atoms with E-state index >= 15 is 0 Å². The molecule has 0 aromatic heterocycles. The SMILES string of the molecule is NC(=NO)c1ccc(OCCNCC2COCCO2)cc1. The van der Waals surface area contributed by atoms with Gasteiger partial charge in [-0.2, -0.15) is 0 Å². The topological polar surface area (TPSA) is 98.3 Å². The van der Waals surface area contributed by atoms with E-state index in [1.165, 1.54) is 0 Å². The first-order valence-corrected chi connectivity index (χ1v) is 6.90. The molecule has 1 saturated heterocycles. The maximum absolute atomic E-state index is 8.57. The molecule has 1 aliphatic rings. The fourth-order valence-electron chi connectivity index (χ4n) is 1.94. The number of rotatable bonds is 7. The quantitative estimate of drug-likeness (QED) is 0.218. The number of benzene rings is 1. The van der Waals surface area contributed by atoms with Crippen LogP contribution in [0.25, 0.3) is 0 Å². The minimum absolute atomic E-state index is 0.0814. The first kappa shape index (κ1) is 15.6. The summed E-state index contributed by atoms with van der Waals surface area (Å²) in [5, 5.41) is 14.8. The maximum Gasteiger partial charge on any atom is 0.170 e. The summed E-state index contributed by atoms with van der Waals surface area (Å²) in [6, 6.07) is 7.05. The lowest BCUT2D eigenvalue weighted by molar-refractivity contribution is -0.0864. The largest absolute Gasteiger partial charge is 0.492 e. The van der Waals surface area contributed by atoms with Crippen LogP contribution in [-0.4, -0.2) is 56.7 Å². The normalized spacial score (nSPS) is 19.4. The zero-order chi connectivity index (χ0) is 14.9. The van der Waals surface area contributed by atoms with Crippen molar-refractivity contribution in [3.63, 3.8) is 0 Å². The highest BCUT2D eigenvalue weighted by Crippen LogP contribution is 2.11. The first-order chi connectivity index (χ1) is 10.3. The Balaban J connectivity index is 1.62. The van der Waals surface area contributed by atoms with Crippen LogP contribution < -0.4 is 15.8 Å². The number of nitrogens with one attached hydrogen (secondary N) is 1. The van der Waals surface area contributed by atoms with Gasteiger partial charge in [0.05, 0.1) is 25.9 Å². The summed E-state index contributed by atoms with van der Waals surface area (Å²) in [5.41, 5.74) is 6.13. The second-order valence-corrected chi connectivity index (χ2v) is 4.63. The van der Waals surface area contributed by atoms with Crippen molar-refractivity contribution in [1.82, 2.24) is 5.32 Å². The number of nitrogens with two attached hydrogens (primary N) is 1. The van der Waals surface area contributed by atoms with Crippen LogP contribution in [0.5, 0.6) is 5.75 Å². The van der Waals surface area contributed by atoms with Gasteiger partial charge < -0.3 is 30.5 Å². The molecular weight excluding hydrogens is 274 g/mol. The molecule has 0 aliphatic carbocycles. The Morgan fingerprint density at radius 2 is 2.19 bits per heavy atom. The Morgan fingerprint density at radius 3 is 2.86 bits per heavy atom. The smallest absolute Gasteiger partial charge is 0.170 e. The van der Waals surface area contributed by atoms with Crippen molar-refractivity contribution in [2.75, 3.05) is 39.5 Å². The second kappa shape index (κ2) is 8.46. The van der Waals surface area contributed by atoms with Crippen LogP contribution >= 0.6 is 0 Å². The highest BCUT2D eigenvalue weighted by Gasteiger charge is 2.13. The summed E-state index contributed by atoms with van der Waals surface area (Å²) in [5.74, 6) is 0.821. The lowest BCUT2D eigenvalue weighted by Crippen LogP contribution is -2.38. The average molecular weight is 295 g/mol. The maximum atomic E-state index is 8.57. The number of oxime groups is 1. The predicted octanol–water partition coefficient (Wildman–Crippen LogP) is 0.165. The average Bonchev–Trinajstić information content (AvgIpc) is 2.55. The first-order valence-electron chi connectivity index (χ1n) is 6.90. The molecule has 0 radical (unpaired) electrons. The molecule has 4 N–H and O–H groups in total. The number of nitrogens with zero attached hydrogens (tertiary/aromatic N) is 1. The van der Waals surface area contributed by atoms with E-state index < -0.39 is 0 Å². The van der Waals surface area contributed by atoms with Crippen molar-refractivity contribution >= 4 is 5.84 Å². The molecule has 0 bridgehead atoms. The van der Waals surface area contributed by atoms with Crippen molar-refractivity contribution < 1.29 is 19.4 Å². The Morgan fingerprint density at radius 1 is 1.38 bits per heavy atom. The molecule has 116 valence electrons. The van der Waals surface area contributed by atoms with E-state index in [0.717, 1.165) is 18.8 Å². The molecule has 7 nitrogen and oxygen atoms in total. The summed E-state index contributed by atoms with van der Waals surface area (Å²) in [6.07, 6.45) is 0.124. The van der Waals surface area contributed by atoms with Crippen molar-refractivity contribution in [2.45, 2.75) is 6.10 Å². The number of ether oxygens (including phenoxy) is 3. The third-order valence-electron chi connectivity index (χ3n) is 3.06. The lowest BCUT2D eigenvalue weighted by atomic mass is 10.2. The van der Waals surface area contributed by atoms with Gasteiger partial charge in [0.1, 0.15) is 12.4 Å². The second-order valence-electron chi connectivity index (χ2n) is 4.63. The van der Waals surface area contributed by atoms with Crippen LogP contribution in [0.2, 0.25) is 0 Å².